The van der Waals surface area contributed by atoms with Crippen LogP contribution in [0.4, 0.5) is 0 Å². The minimum absolute atomic E-state index is 0.140. The molecule has 0 radical (unpaired) electrons. The highest BCUT2D eigenvalue weighted by Gasteiger charge is 2.27. The maximum Gasteiger partial charge on any atom is 0.195 e. The molecule has 0 saturated carbocycles. The molecule has 0 aliphatic heterocycles. The first-order valence-corrected chi connectivity index (χ1v) is 13.1. The second kappa shape index (κ2) is 11.3. The fourth-order valence-electron chi connectivity index (χ4n) is 3.48. The zero-order valence-corrected chi connectivity index (χ0v) is 21.8. The first-order chi connectivity index (χ1) is 15.0. The summed E-state index contributed by atoms with van der Waals surface area (Å²) in [6.07, 6.45) is 6.56. The summed E-state index contributed by atoms with van der Waals surface area (Å²) in [6, 6.07) is 15.5. The van der Waals surface area contributed by atoms with Crippen molar-refractivity contribution >= 4 is 54.8 Å². The van der Waals surface area contributed by atoms with Crippen LogP contribution >= 0.6 is 43.2 Å². The van der Waals surface area contributed by atoms with E-state index in [4.69, 9.17) is 0 Å². The molecule has 0 N–H and O–H groups in total. The summed E-state index contributed by atoms with van der Waals surface area (Å²) in [5.41, 5.74) is 4.49. The molecule has 5 heteroatoms. The Balaban J connectivity index is 1.89. The summed E-state index contributed by atoms with van der Waals surface area (Å²) in [4.78, 5) is 26.7. The van der Waals surface area contributed by atoms with Gasteiger partial charge in [0.25, 0.3) is 0 Å². The first kappa shape index (κ1) is 24.1. The smallest absolute Gasteiger partial charge is 0.195 e. The van der Waals surface area contributed by atoms with Crippen molar-refractivity contribution < 1.29 is 9.59 Å². The summed E-state index contributed by atoms with van der Waals surface area (Å²) in [5, 5.41) is 0. The Labute approximate surface area is 205 Å². The second-order valence-electron chi connectivity index (χ2n) is 7.66. The van der Waals surface area contributed by atoms with Crippen LogP contribution in [0.3, 0.4) is 0 Å². The van der Waals surface area contributed by atoms with Gasteiger partial charge in [-0.15, -0.1) is 11.3 Å². The number of carbonyl (C=O) groups excluding carboxylic acids is 2. The number of hydrogen-bond donors (Lipinski definition) is 0. The minimum Gasteiger partial charge on any atom is -0.289 e. The van der Waals surface area contributed by atoms with Crippen LogP contribution in [0.25, 0.3) is 0 Å². The van der Waals surface area contributed by atoms with E-state index in [1.165, 1.54) is 22.5 Å². The fourth-order valence-corrected chi connectivity index (χ4v) is 6.61. The van der Waals surface area contributed by atoms with Crippen LogP contribution in [0.1, 0.15) is 82.5 Å². The highest BCUT2D eigenvalue weighted by atomic mass is 79.9. The van der Waals surface area contributed by atoms with Crippen molar-refractivity contribution in [1.29, 1.82) is 0 Å². The molecule has 2 nitrogen and oxygen atoms in total. The predicted octanol–water partition coefficient (Wildman–Crippen LogP) is 8.42. The molecule has 1 aromatic heterocycles. The van der Waals surface area contributed by atoms with Gasteiger partial charge in [-0.3, -0.25) is 9.59 Å². The van der Waals surface area contributed by atoms with Gasteiger partial charge in [-0.05, 0) is 68.7 Å². The molecule has 2 aromatic carbocycles. The third-order valence-corrected chi connectivity index (χ3v) is 7.88. The second-order valence-corrected chi connectivity index (χ2v) is 11.3. The van der Waals surface area contributed by atoms with E-state index < -0.39 is 0 Å². The monoisotopic (exact) mass is 560 g/mol. The molecule has 0 aliphatic carbocycles. The van der Waals surface area contributed by atoms with E-state index in [-0.39, 0.29) is 11.6 Å². The molecule has 1 heterocycles. The van der Waals surface area contributed by atoms with Gasteiger partial charge < -0.3 is 0 Å². The lowest BCUT2D eigenvalue weighted by atomic mass is 9.95. The Bertz CT molecular complexity index is 966. The van der Waals surface area contributed by atoms with Crippen LogP contribution < -0.4 is 0 Å². The Morgan fingerprint density at radius 1 is 0.677 bits per heavy atom. The maximum absolute atomic E-state index is 13.3. The number of carbonyl (C=O) groups is 2. The van der Waals surface area contributed by atoms with Crippen molar-refractivity contribution in [1.82, 2.24) is 0 Å². The van der Waals surface area contributed by atoms with E-state index in [0.29, 0.717) is 29.8 Å². The van der Waals surface area contributed by atoms with Crippen molar-refractivity contribution in [2.24, 2.45) is 0 Å². The fraction of sp³-hybridized carbons (Fsp3) is 0.308. The summed E-state index contributed by atoms with van der Waals surface area (Å²) >= 11 is 8.38. The number of aryl methyl sites for hydroxylation is 2. The van der Waals surface area contributed by atoms with Gasteiger partial charge in [0.05, 0.1) is 18.7 Å². The number of unbranched alkanes of at least 4 members (excludes halogenated alkanes) is 2. The molecule has 0 fully saturated rings. The normalized spacial score (nSPS) is 11.0. The molecular formula is C26H26Br2O2S. The largest absolute Gasteiger partial charge is 0.289 e. The number of thiophene rings is 1. The molecule has 31 heavy (non-hydrogen) atoms. The first-order valence-electron chi connectivity index (χ1n) is 10.7. The third-order valence-electron chi connectivity index (χ3n) is 5.35. The quantitative estimate of drug-likeness (QED) is 0.233. The Morgan fingerprint density at radius 3 is 1.35 bits per heavy atom. The van der Waals surface area contributed by atoms with Crippen molar-refractivity contribution in [2.45, 2.75) is 52.4 Å². The number of benzene rings is 2. The molecule has 0 aliphatic rings. The van der Waals surface area contributed by atoms with Crippen molar-refractivity contribution in [3.05, 3.63) is 89.5 Å². The van der Waals surface area contributed by atoms with E-state index in [1.54, 1.807) is 0 Å². The lowest BCUT2D eigenvalue weighted by Gasteiger charge is -2.08. The van der Waals surface area contributed by atoms with Crippen molar-refractivity contribution in [2.75, 3.05) is 0 Å². The van der Waals surface area contributed by atoms with Gasteiger partial charge >= 0.3 is 0 Å². The summed E-state index contributed by atoms with van der Waals surface area (Å²) in [5.74, 6) is -0.280. The molecule has 0 bridgehead atoms. The van der Waals surface area contributed by atoms with Gasteiger partial charge in [-0.25, -0.2) is 0 Å². The van der Waals surface area contributed by atoms with Gasteiger partial charge in [0, 0.05) is 11.1 Å². The number of ketones is 2. The lowest BCUT2D eigenvalue weighted by Crippen LogP contribution is -2.10. The van der Waals surface area contributed by atoms with E-state index in [9.17, 15) is 9.59 Å². The van der Waals surface area contributed by atoms with Crippen LogP contribution in [0.2, 0.25) is 0 Å². The standard InChI is InChI=1S/C26H26Br2O2S/c1-3-5-7-17-9-13-19(14-10-17)23(29)21-22(26(28)31-25(21)27)24(30)20-15-11-18(12-16-20)8-6-4-2/h9-16H,3-8H2,1-2H3. The summed E-state index contributed by atoms with van der Waals surface area (Å²) in [6.45, 7) is 4.34. The Morgan fingerprint density at radius 2 is 1.03 bits per heavy atom. The summed E-state index contributed by atoms with van der Waals surface area (Å²) in [7, 11) is 0. The molecule has 0 amide bonds. The molecule has 0 saturated heterocycles. The highest BCUT2D eigenvalue weighted by Crippen LogP contribution is 2.39. The minimum atomic E-state index is -0.140. The van der Waals surface area contributed by atoms with Crippen LogP contribution in [-0.2, 0) is 12.8 Å². The zero-order valence-electron chi connectivity index (χ0n) is 17.8. The molecule has 3 rings (SSSR count). The van der Waals surface area contributed by atoms with Gasteiger partial charge in [0.1, 0.15) is 0 Å². The Hall–Kier alpha value is -1.56. The average Bonchev–Trinajstić information content (AvgIpc) is 3.09. The van der Waals surface area contributed by atoms with E-state index >= 15 is 0 Å². The van der Waals surface area contributed by atoms with E-state index in [1.807, 2.05) is 48.5 Å². The number of rotatable bonds is 10. The predicted molar refractivity (Wildman–Crippen MR) is 137 cm³/mol. The van der Waals surface area contributed by atoms with Crippen LogP contribution in [0, 0.1) is 0 Å². The number of halogens is 2. The topological polar surface area (TPSA) is 34.1 Å². The molecule has 3 aromatic rings. The van der Waals surface area contributed by atoms with Gasteiger partial charge in [-0.2, -0.15) is 0 Å². The molecule has 0 atom stereocenters. The van der Waals surface area contributed by atoms with Crippen molar-refractivity contribution in [3.63, 3.8) is 0 Å². The Kier molecular flexibility index (Phi) is 8.82. The maximum atomic E-state index is 13.3. The molecule has 0 spiro atoms. The molecule has 0 unspecified atom stereocenters. The van der Waals surface area contributed by atoms with Gasteiger partial charge in [-0.1, -0.05) is 75.2 Å². The van der Waals surface area contributed by atoms with Crippen LogP contribution in [0.15, 0.2) is 56.1 Å². The summed E-state index contributed by atoms with van der Waals surface area (Å²) < 4.78 is 1.34. The van der Waals surface area contributed by atoms with Gasteiger partial charge in [0.15, 0.2) is 11.6 Å². The van der Waals surface area contributed by atoms with E-state index in [0.717, 1.165) is 38.5 Å². The molecular weight excluding hydrogens is 536 g/mol. The SMILES string of the molecule is CCCCc1ccc(C(=O)c2c(Br)sc(Br)c2C(=O)c2ccc(CCCC)cc2)cc1. The van der Waals surface area contributed by atoms with Gasteiger partial charge in [0.2, 0.25) is 0 Å². The lowest BCUT2D eigenvalue weighted by molar-refractivity contribution is 0.100. The van der Waals surface area contributed by atoms with Crippen LogP contribution in [-0.4, -0.2) is 11.6 Å². The number of hydrogen-bond acceptors (Lipinski definition) is 3. The van der Waals surface area contributed by atoms with Crippen LogP contribution in [0.5, 0.6) is 0 Å². The third kappa shape index (κ3) is 5.82. The van der Waals surface area contributed by atoms with Crippen molar-refractivity contribution in [3.8, 4) is 0 Å². The van der Waals surface area contributed by atoms with E-state index in [2.05, 4.69) is 45.7 Å². The molecule has 162 valence electrons. The zero-order chi connectivity index (χ0) is 22.4. The average molecular weight is 562 g/mol. The highest BCUT2D eigenvalue weighted by molar-refractivity contribution is 9.12.